The Hall–Kier alpha value is -2.37. The average Bonchev–Trinajstić information content (AvgIpc) is 2.87. The molecule has 25 heavy (non-hydrogen) atoms. The number of anilines is 2. The van der Waals surface area contributed by atoms with E-state index in [9.17, 15) is 4.79 Å². The van der Waals surface area contributed by atoms with Crippen LogP contribution in [-0.2, 0) is 11.8 Å². The Kier molecular flexibility index (Phi) is 5.06. The van der Waals surface area contributed by atoms with E-state index < -0.39 is 0 Å². The molecule has 2 aromatic heterocycles. The first-order valence-electron chi connectivity index (χ1n) is 8.99. The van der Waals surface area contributed by atoms with Crippen molar-refractivity contribution in [2.24, 2.45) is 7.05 Å². The number of piperidine rings is 1. The van der Waals surface area contributed by atoms with Gasteiger partial charge in [0, 0.05) is 37.6 Å². The fourth-order valence-electron chi connectivity index (χ4n) is 3.68. The smallest absolute Gasteiger partial charge is 0.231 e. The summed E-state index contributed by atoms with van der Waals surface area (Å²) in [5, 5.41) is 7.52. The summed E-state index contributed by atoms with van der Waals surface area (Å²) in [6.45, 7) is 7.95. The van der Waals surface area contributed by atoms with Crippen LogP contribution in [0.5, 0.6) is 0 Å². The second-order valence-corrected chi connectivity index (χ2v) is 6.86. The second kappa shape index (κ2) is 7.25. The van der Waals surface area contributed by atoms with E-state index in [1.165, 1.54) is 19.3 Å². The molecule has 0 aromatic carbocycles. The summed E-state index contributed by atoms with van der Waals surface area (Å²) < 4.78 is 1.83. The number of carbonyl (C=O) groups is 1. The van der Waals surface area contributed by atoms with Gasteiger partial charge in [0.25, 0.3) is 0 Å². The lowest BCUT2D eigenvalue weighted by Gasteiger charge is -2.30. The molecular formula is C19H27N5O. The Labute approximate surface area is 149 Å². The molecule has 0 bridgehead atoms. The van der Waals surface area contributed by atoms with Crippen LogP contribution < -0.4 is 10.2 Å². The molecule has 1 fully saturated rings. The molecule has 1 atom stereocenters. The number of carbonyl (C=O) groups excluding carboxylic acids is 1. The van der Waals surface area contributed by atoms with Gasteiger partial charge in [-0.15, -0.1) is 0 Å². The van der Waals surface area contributed by atoms with Crippen molar-refractivity contribution in [1.29, 1.82) is 0 Å². The highest BCUT2D eigenvalue weighted by molar-refractivity contribution is 5.98. The van der Waals surface area contributed by atoms with Gasteiger partial charge in [0.1, 0.15) is 0 Å². The van der Waals surface area contributed by atoms with Crippen molar-refractivity contribution in [1.82, 2.24) is 14.8 Å². The summed E-state index contributed by atoms with van der Waals surface area (Å²) in [7, 11) is 1.91. The SMILES string of the molecule is Cc1nn(C)c(C)c1C(C)C(=O)Nc1cnccc1N1CCCCC1. The zero-order valence-electron chi connectivity index (χ0n) is 15.5. The molecule has 1 aliphatic rings. The van der Waals surface area contributed by atoms with Crippen molar-refractivity contribution in [3.05, 3.63) is 35.4 Å². The molecule has 6 heteroatoms. The fourth-order valence-corrected chi connectivity index (χ4v) is 3.68. The molecule has 1 saturated heterocycles. The molecule has 1 N–H and O–H groups in total. The molecule has 2 aromatic rings. The monoisotopic (exact) mass is 341 g/mol. The van der Waals surface area contributed by atoms with Gasteiger partial charge < -0.3 is 10.2 Å². The van der Waals surface area contributed by atoms with Gasteiger partial charge in [-0.1, -0.05) is 0 Å². The minimum atomic E-state index is -0.261. The molecule has 6 nitrogen and oxygen atoms in total. The maximum atomic E-state index is 12.9. The van der Waals surface area contributed by atoms with Crippen LogP contribution in [0.2, 0.25) is 0 Å². The topological polar surface area (TPSA) is 63.1 Å². The van der Waals surface area contributed by atoms with Crippen molar-refractivity contribution >= 4 is 17.3 Å². The highest BCUT2D eigenvalue weighted by Gasteiger charge is 2.24. The molecule has 0 aliphatic carbocycles. The minimum Gasteiger partial charge on any atom is -0.370 e. The minimum absolute atomic E-state index is 0.0227. The van der Waals surface area contributed by atoms with Gasteiger partial charge in [-0.2, -0.15) is 5.10 Å². The van der Waals surface area contributed by atoms with Crippen LogP contribution >= 0.6 is 0 Å². The molecular weight excluding hydrogens is 314 g/mol. The van der Waals surface area contributed by atoms with E-state index in [0.29, 0.717) is 0 Å². The van der Waals surface area contributed by atoms with Crippen LogP contribution in [-0.4, -0.2) is 33.8 Å². The van der Waals surface area contributed by atoms with Gasteiger partial charge in [-0.25, -0.2) is 0 Å². The summed E-state index contributed by atoms with van der Waals surface area (Å²) in [6.07, 6.45) is 7.20. The molecule has 1 amide bonds. The Morgan fingerprint density at radius 2 is 1.96 bits per heavy atom. The third-order valence-corrected chi connectivity index (χ3v) is 5.14. The Balaban J connectivity index is 1.81. The van der Waals surface area contributed by atoms with E-state index in [1.807, 2.05) is 38.6 Å². The number of nitrogens with one attached hydrogen (secondary N) is 1. The van der Waals surface area contributed by atoms with Gasteiger partial charge in [-0.05, 0) is 46.1 Å². The van der Waals surface area contributed by atoms with Gasteiger partial charge in [0.05, 0.1) is 29.2 Å². The molecule has 1 unspecified atom stereocenters. The number of hydrogen-bond acceptors (Lipinski definition) is 4. The molecule has 134 valence electrons. The average molecular weight is 341 g/mol. The molecule has 0 radical (unpaired) electrons. The Bertz CT molecular complexity index is 761. The first kappa shape index (κ1) is 17.5. The van der Waals surface area contributed by atoms with Crippen molar-refractivity contribution in [2.75, 3.05) is 23.3 Å². The third-order valence-electron chi connectivity index (χ3n) is 5.14. The van der Waals surface area contributed by atoms with Crippen molar-refractivity contribution in [3.63, 3.8) is 0 Å². The van der Waals surface area contributed by atoms with E-state index in [4.69, 9.17) is 0 Å². The zero-order valence-corrected chi connectivity index (χ0v) is 15.5. The number of hydrogen-bond donors (Lipinski definition) is 1. The maximum absolute atomic E-state index is 12.9. The lowest BCUT2D eigenvalue weighted by molar-refractivity contribution is -0.117. The van der Waals surface area contributed by atoms with E-state index in [-0.39, 0.29) is 11.8 Å². The number of aryl methyl sites for hydroxylation is 2. The Morgan fingerprint density at radius 3 is 2.60 bits per heavy atom. The van der Waals surface area contributed by atoms with Crippen molar-refractivity contribution in [3.8, 4) is 0 Å². The van der Waals surface area contributed by atoms with Gasteiger partial charge in [0.2, 0.25) is 5.91 Å². The fraction of sp³-hybridized carbons (Fsp3) is 0.526. The lowest BCUT2D eigenvalue weighted by atomic mass is 9.98. The van der Waals surface area contributed by atoms with Crippen LogP contribution in [0.1, 0.15) is 49.1 Å². The van der Waals surface area contributed by atoms with E-state index in [1.54, 1.807) is 12.4 Å². The third kappa shape index (κ3) is 3.52. The molecule has 0 saturated carbocycles. The van der Waals surface area contributed by atoms with Crippen LogP contribution in [0, 0.1) is 13.8 Å². The number of amides is 1. The van der Waals surface area contributed by atoms with Crippen LogP contribution in [0.4, 0.5) is 11.4 Å². The summed E-state index contributed by atoms with van der Waals surface area (Å²) in [5.74, 6) is -0.284. The van der Waals surface area contributed by atoms with E-state index >= 15 is 0 Å². The van der Waals surface area contributed by atoms with Gasteiger partial charge >= 0.3 is 0 Å². The summed E-state index contributed by atoms with van der Waals surface area (Å²) in [5.41, 5.74) is 4.80. The first-order valence-corrected chi connectivity index (χ1v) is 8.99. The summed E-state index contributed by atoms with van der Waals surface area (Å²) in [4.78, 5) is 19.4. The molecule has 3 rings (SSSR count). The number of pyridine rings is 1. The van der Waals surface area contributed by atoms with Crippen LogP contribution in [0.25, 0.3) is 0 Å². The molecule has 0 spiro atoms. The van der Waals surface area contributed by atoms with Gasteiger partial charge in [0.15, 0.2) is 0 Å². The quantitative estimate of drug-likeness (QED) is 0.928. The molecule has 3 heterocycles. The summed E-state index contributed by atoms with van der Waals surface area (Å²) in [6, 6.07) is 1.99. The predicted molar refractivity (Wildman–Crippen MR) is 100 cm³/mol. The summed E-state index contributed by atoms with van der Waals surface area (Å²) >= 11 is 0. The lowest BCUT2D eigenvalue weighted by Crippen LogP contribution is -2.31. The first-order chi connectivity index (χ1) is 12.0. The molecule has 1 aliphatic heterocycles. The largest absolute Gasteiger partial charge is 0.370 e. The number of aromatic nitrogens is 3. The number of rotatable bonds is 4. The standard InChI is InChI=1S/C19H27N5O/c1-13(18-14(2)22-23(4)15(18)3)19(25)21-16-12-20-9-8-17(16)24-10-6-5-7-11-24/h8-9,12-13H,5-7,10-11H2,1-4H3,(H,21,25). The number of nitrogens with zero attached hydrogens (tertiary/aromatic N) is 4. The predicted octanol–water partition coefficient (Wildman–Crippen LogP) is 3.16. The van der Waals surface area contributed by atoms with E-state index in [0.717, 1.165) is 41.4 Å². The highest BCUT2D eigenvalue weighted by atomic mass is 16.1. The van der Waals surface area contributed by atoms with E-state index in [2.05, 4.69) is 20.3 Å². The maximum Gasteiger partial charge on any atom is 0.231 e. The van der Waals surface area contributed by atoms with Crippen molar-refractivity contribution in [2.45, 2.75) is 46.0 Å². The van der Waals surface area contributed by atoms with Crippen molar-refractivity contribution < 1.29 is 4.79 Å². The van der Waals surface area contributed by atoms with Crippen LogP contribution in [0.15, 0.2) is 18.5 Å². The normalized spacial score (nSPS) is 15.9. The highest BCUT2D eigenvalue weighted by Crippen LogP contribution is 2.29. The zero-order chi connectivity index (χ0) is 18.0. The van der Waals surface area contributed by atoms with Crippen LogP contribution in [0.3, 0.4) is 0 Å². The Morgan fingerprint density at radius 1 is 1.24 bits per heavy atom. The van der Waals surface area contributed by atoms with Gasteiger partial charge in [-0.3, -0.25) is 14.5 Å². The second-order valence-electron chi connectivity index (χ2n) is 6.86.